The molecule has 1 N–H and O–H groups in total. The van der Waals surface area contributed by atoms with Gasteiger partial charge in [0.15, 0.2) is 6.17 Å². The summed E-state index contributed by atoms with van der Waals surface area (Å²) in [7, 11) is -2.78. The number of rotatable bonds is 9. The van der Waals surface area contributed by atoms with Gasteiger partial charge in [0.05, 0.1) is 0 Å². The molecule has 5 heteroatoms. The van der Waals surface area contributed by atoms with E-state index in [-0.39, 0.29) is 0 Å². The van der Waals surface area contributed by atoms with E-state index in [1.807, 2.05) is 87.8 Å². The highest BCUT2D eigenvalue weighted by molar-refractivity contribution is 7.70. The first kappa shape index (κ1) is 37.9. The van der Waals surface area contributed by atoms with Crippen LogP contribution in [0.4, 0.5) is 0 Å². The van der Waals surface area contributed by atoms with Gasteiger partial charge < -0.3 is 9.88 Å². The standard InChI is InChI=1S/C49H40N3OP.C2H6/c1-54(2,53)44-34-42(49-51-47(38-25-14-6-15-26-38)50-48(52-49)39-27-16-7-17-28-39)31-32-43(44)40-29-18-30-41(33-40)46(37-23-12-5-13-24-37)45(35-19-8-3-9-20-35)36-21-10-4-11-22-36;1-2/h3-34,49H,1-2H3,(H,50,51,52);1-2H3. The van der Waals surface area contributed by atoms with Crippen molar-refractivity contribution in [2.45, 2.75) is 20.0 Å². The van der Waals surface area contributed by atoms with Gasteiger partial charge in [-0.2, -0.15) is 0 Å². The fourth-order valence-corrected chi connectivity index (χ4v) is 8.29. The van der Waals surface area contributed by atoms with Crippen molar-refractivity contribution in [3.05, 3.63) is 233 Å². The second-order valence-corrected chi connectivity index (χ2v) is 16.9. The molecule has 0 fully saturated rings. The number of benzene rings is 7. The molecule has 0 saturated heterocycles. The van der Waals surface area contributed by atoms with E-state index in [4.69, 9.17) is 9.98 Å². The molecule has 276 valence electrons. The maximum atomic E-state index is 14.2. The fourth-order valence-electron chi connectivity index (χ4n) is 7.05. The molecule has 4 nitrogen and oxygen atoms in total. The quantitative estimate of drug-likeness (QED) is 0.118. The monoisotopic (exact) mass is 747 g/mol. The minimum absolute atomic E-state index is 0.519. The van der Waals surface area contributed by atoms with Gasteiger partial charge >= 0.3 is 0 Å². The molecular formula is C51H46N3OP. The van der Waals surface area contributed by atoms with E-state index < -0.39 is 13.3 Å². The van der Waals surface area contributed by atoms with Gasteiger partial charge in [-0.05, 0) is 75.6 Å². The first-order chi connectivity index (χ1) is 27.4. The lowest BCUT2D eigenvalue weighted by Gasteiger charge is -2.24. The third kappa shape index (κ3) is 8.47. The number of hydrogen-bond acceptors (Lipinski definition) is 4. The Labute approximate surface area is 331 Å². The molecular weight excluding hydrogens is 702 g/mol. The lowest BCUT2D eigenvalue weighted by atomic mass is 9.85. The lowest BCUT2D eigenvalue weighted by molar-refractivity contribution is 0.588. The summed E-state index contributed by atoms with van der Waals surface area (Å²) in [6, 6.07) is 66.9. The zero-order valence-corrected chi connectivity index (χ0v) is 33.2. The second-order valence-electron chi connectivity index (χ2n) is 13.7. The summed E-state index contributed by atoms with van der Waals surface area (Å²) in [5.41, 5.74) is 11.5. The number of nitrogens with one attached hydrogen (secondary N) is 1. The Morgan fingerprint density at radius 3 is 1.30 bits per heavy atom. The summed E-state index contributed by atoms with van der Waals surface area (Å²) in [6.45, 7) is 7.69. The van der Waals surface area contributed by atoms with Gasteiger partial charge in [-0.1, -0.05) is 196 Å². The zero-order chi connectivity index (χ0) is 38.9. The van der Waals surface area contributed by atoms with Crippen molar-refractivity contribution in [1.29, 1.82) is 0 Å². The molecule has 1 aliphatic heterocycles. The lowest BCUT2D eigenvalue weighted by Crippen LogP contribution is -2.36. The maximum Gasteiger partial charge on any atom is 0.169 e. The van der Waals surface area contributed by atoms with Crippen LogP contribution < -0.4 is 10.6 Å². The summed E-state index contributed by atoms with van der Waals surface area (Å²) >= 11 is 0. The van der Waals surface area contributed by atoms with Gasteiger partial charge in [0.2, 0.25) is 0 Å². The normalized spacial score (nSPS) is 12.6. The highest BCUT2D eigenvalue weighted by Gasteiger charge is 2.25. The van der Waals surface area contributed by atoms with Crippen LogP contribution in [0, 0.1) is 0 Å². The predicted molar refractivity (Wildman–Crippen MR) is 238 cm³/mol. The molecule has 56 heavy (non-hydrogen) atoms. The average Bonchev–Trinajstić information content (AvgIpc) is 3.27. The van der Waals surface area contributed by atoms with Crippen molar-refractivity contribution in [3.63, 3.8) is 0 Å². The van der Waals surface area contributed by atoms with Crippen LogP contribution in [-0.2, 0) is 4.57 Å². The van der Waals surface area contributed by atoms with E-state index in [1.165, 1.54) is 0 Å². The number of nitrogens with zero attached hydrogens (tertiary/aromatic N) is 2. The molecule has 0 aromatic heterocycles. The third-order valence-electron chi connectivity index (χ3n) is 9.63. The first-order valence-electron chi connectivity index (χ1n) is 19.2. The van der Waals surface area contributed by atoms with Crippen LogP contribution in [0.5, 0.6) is 0 Å². The van der Waals surface area contributed by atoms with Crippen LogP contribution in [0.2, 0.25) is 0 Å². The molecule has 0 spiro atoms. The molecule has 0 amide bonds. The molecule has 1 heterocycles. The molecule has 8 rings (SSSR count). The molecule has 0 atom stereocenters. The summed E-state index contributed by atoms with van der Waals surface area (Å²) in [4.78, 5) is 10.2. The molecule has 0 radical (unpaired) electrons. The van der Waals surface area contributed by atoms with E-state index in [9.17, 15) is 4.57 Å². The Hall–Kier alpha value is -6.35. The van der Waals surface area contributed by atoms with E-state index in [0.717, 1.165) is 78.2 Å². The van der Waals surface area contributed by atoms with Crippen molar-refractivity contribution in [2.75, 3.05) is 13.3 Å². The molecule has 0 bridgehead atoms. The van der Waals surface area contributed by atoms with Crippen molar-refractivity contribution in [1.82, 2.24) is 5.32 Å². The van der Waals surface area contributed by atoms with Crippen LogP contribution in [0.3, 0.4) is 0 Å². The van der Waals surface area contributed by atoms with Crippen LogP contribution in [0.15, 0.2) is 204 Å². The smallest absolute Gasteiger partial charge is 0.169 e. The van der Waals surface area contributed by atoms with E-state index in [0.29, 0.717) is 0 Å². The second kappa shape index (κ2) is 17.4. The zero-order valence-electron chi connectivity index (χ0n) is 32.3. The van der Waals surface area contributed by atoms with Crippen LogP contribution in [0.1, 0.15) is 59.0 Å². The minimum Gasteiger partial charge on any atom is -0.324 e. The summed E-state index contributed by atoms with van der Waals surface area (Å²) in [5.74, 6) is 1.49. The Bertz CT molecular complexity index is 2440. The van der Waals surface area contributed by atoms with Crippen molar-refractivity contribution in [2.24, 2.45) is 9.98 Å². The molecule has 7 aromatic rings. The van der Waals surface area contributed by atoms with Crippen molar-refractivity contribution >= 4 is 35.3 Å². The number of amidine groups is 2. The molecule has 7 aromatic carbocycles. The summed E-state index contributed by atoms with van der Waals surface area (Å²) < 4.78 is 14.2. The maximum absolute atomic E-state index is 14.2. The fraction of sp³-hybridized carbons (Fsp3) is 0.0980. The highest BCUT2D eigenvalue weighted by Crippen LogP contribution is 2.42. The summed E-state index contributed by atoms with van der Waals surface area (Å²) in [6.07, 6.45) is -0.519. The predicted octanol–water partition coefficient (Wildman–Crippen LogP) is 12.1. The third-order valence-corrected chi connectivity index (χ3v) is 11.2. The SMILES string of the molecule is CC.CP(C)(=O)c1cc(C2N=C(c3ccccc3)NC(c3ccccc3)=N2)ccc1-c1cccc(C(=C(c2ccccc2)c2ccccc2)c2ccccc2)c1. The van der Waals surface area contributed by atoms with Gasteiger partial charge in [0, 0.05) is 16.4 Å². The summed E-state index contributed by atoms with van der Waals surface area (Å²) in [5, 5.41) is 4.28. The average molecular weight is 748 g/mol. The largest absolute Gasteiger partial charge is 0.324 e. The van der Waals surface area contributed by atoms with Gasteiger partial charge in [0.1, 0.15) is 18.8 Å². The van der Waals surface area contributed by atoms with Gasteiger partial charge in [-0.15, -0.1) is 0 Å². The van der Waals surface area contributed by atoms with E-state index in [1.54, 1.807) is 0 Å². The Morgan fingerprint density at radius 1 is 0.464 bits per heavy atom. The Kier molecular flexibility index (Phi) is 11.8. The van der Waals surface area contributed by atoms with Crippen molar-refractivity contribution in [3.8, 4) is 11.1 Å². The molecule has 1 aliphatic rings. The number of hydrogen-bond donors (Lipinski definition) is 1. The van der Waals surface area contributed by atoms with E-state index in [2.05, 4.69) is 139 Å². The first-order valence-corrected chi connectivity index (χ1v) is 21.8. The van der Waals surface area contributed by atoms with Crippen molar-refractivity contribution < 1.29 is 4.57 Å². The Morgan fingerprint density at radius 2 is 0.857 bits per heavy atom. The van der Waals surface area contributed by atoms with Gasteiger partial charge in [0.25, 0.3) is 0 Å². The minimum atomic E-state index is -2.78. The van der Waals surface area contributed by atoms with Crippen LogP contribution >= 0.6 is 7.14 Å². The topological polar surface area (TPSA) is 53.8 Å². The van der Waals surface area contributed by atoms with Crippen LogP contribution in [0.25, 0.3) is 22.3 Å². The van der Waals surface area contributed by atoms with Gasteiger partial charge in [-0.25, -0.2) is 9.98 Å². The van der Waals surface area contributed by atoms with Gasteiger partial charge in [-0.3, -0.25) is 0 Å². The molecule has 0 unspecified atom stereocenters. The Balaban J connectivity index is 0.00000237. The number of aliphatic imine (C=N–C) groups is 2. The molecule has 0 aliphatic carbocycles. The molecule has 0 saturated carbocycles. The van der Waals surface area contributed by atoms with Crippen LogP contribution in [-0.4, -0.2) is 25.0 Å². The van der Waals surface area contributed by atoms with E-state index >= 15 is 0 Å². The highest BCUT2D eigenvalue weighted by atomic mass is 31.2.